The van der Waals surface area contributed by atoms with Crippen molar-refractivity contribution in [3.05, 3.63) is 41.2 Å². The fraction of sp³-hybridized carbons (Fsp3) is 0.524. The lowest BCUT2D eigenvalue weighted by atomic mass is 9.97. The van der Waals surface area contributed by atoms with E-state index in [0.717, 1.165) is 24.7 Å². The van der Waals surface area contributed by atoms with E-state index >= 15 is 0 Å². The molecule has 2 aliphatic heterocycles. The van der Waals surface area contributed by atoms with E-state index in [1.165, 1.54) is 7.11 Å². The van der Waals surface area contributed by atoms with E-state index < -0.39 is 11.9 Å². The summed E-state index contributed by atoms with van der Waals surface area (Å²) in [5, 5.41) is -0.364. The highest BCUT2D eigenvalue weighted by Gasteiger charge is 2.38. The van der Waals surface area contributed by atoms with Crippen LogP contribution in [0.5, 0.6) is 17.5 Å². The first-order chi connectivity index (χ1) is 14.7. The Morgan fingerprint density at radius 1 is 1.23 bits per heavy atom. The molecule has 4 rings (SSSR count). The minimum Gasteiger partial charge on any atom is -0.484 e. The summed E-state index contributed by atoms with van der Waals surface area (Å²) in [5.74, 6) is 1.11. The minimum atomic E-state index is -4.53. The first kappa shape index (κ1) is 21.9. The number of hydrogen-bond donors (Lipinski definition) is 0. The molecule has 2 atom stereocenters. The summed E-state index contributed by atoms with van der Waals surface area (Å²) < 4.78 is 55.7. The van der Waals surface area contributed by atoms with Crippen LogP contribution in [0.15, 0.2) is 24.3 Å². The number of ether oxygens (including phenoxy) is 3. The Kier molecular flexibility index (Phi) is 5.86. The molecule has 2 aliphatic rings. The first-order valence-corrected chi connectivity index (χ1v) is 10.5. The van der Waals surface area contributed by atoms with Crippen LogP contribution in [0.25, 0.3) is 0 Å². The van der Waals surface area contributed by atoms with Gasteiger partial charge >= 0.3 is 6.18 Å². The van der Waals surface area contributed by atoms with Crippen molar-refractivity contribution in [1.82, 2.24) is 14.9 Å². The SMILES string of the molecule is COc1cc(C[C@@]2([Si])CCN(C(C)c3ccc4c(n3)OCCO4)C2)cc(C(F)(F)F)n1. The molecule has 0 spiro atoms. The fourth-order valence-corrected chi connectivity index (χ4v) is 4.57. The van der Waals surface area contributed by atoms with Gasteiger partial charge in [-0.1, -0.05) is 0 Å². The zero-order valence-electron chi connectivity index (χ0n) is 17.3. The number of pyridine rings is 2. The van der Waals surface area contributed by atoms with Gasteiger partial charge in [0.15, 0.2) is 5.75 Å². The smallest absolute Gasteiger partial charge is 0.433 e. The maximum absolute atomic E-state index is 13.2. The van der Waals surface area contributed by atoms with Gasteiger partial charge in [0.2, 0.25) is 5.88 Å². The van der Waals surface area contributed by atoms with Gasteiger partial charge in [-0.25, -0.2) is 9.97 Å². The van der Waals surface area contributed by atoms with E-state index in [9.17, 15) is 13.2 Å². The predicted octanol–water partition coefficient (Wildman–Crippen LogP) is 3.61. The molecule has 1 fully saturated rings. The van der Waals surface area contributed by atoms with Crippen molar-refractivity contribution in [3.8, 4) is 17.5 Å². The average molecular weight is 451 g/mol. The van der Waals surface area contributed by atoms with Crippen molar-refractivity contribution < 1.29 is 27.4 Å². The highest BCUT2D eigenvalue weighted by Crippen LogP contribution is 2.42. The van der Waals surface area contributed by atoms with Crippen LogP contribution in [0, 0.1) is 0 Å². The van der Waals surface area contributed by atoms with Crippen molar-refractivity contribution in [2.45, 2.75) is 37.0 Å². The van der Waals surface area contributed by atoms with Gasteiger partial charge in [0.25, 0.3) is 5.88 Å². The average Bonchev–Trinajstić information content (AvgIpc) is 3.13. The van der Waals surface area contributed by atoms with Crippen molar-refractivity contribution in [2.24, 2.45) is 0 Å². The van der Waals surface area contributed by atoms with E-state index in [1.807, 2.05) is 12.1 Å². The van der Waals surface area contributed by atoms with Gasteiger partial charge in [-0.05, 0) is 55.1 Å². The zero-order valence-corrected chi connectivity index (χ0v) is 18.3. The van der Waals surface area contributed by atoms with Crippen LogP contribution < -0.4 is 14.2 Å². The molecule has 6 nitrogen and oxygen atoms in total. The molecule has 1 saturated heterocycles. The predicted molar refractivity (Wildman–Crippen MR) is 108 cm³/mol. The summed E-state index contributed by atoms with van der Waals surface area (Å²) in [6, 6.07) is 6.47. The number of halogens is 3. The highest BCUT2D eigenvalue weighted by molar-refractivity contribution is 6.15. The molecule has 2 aromatic heterocycles. The molecule has 0 amide bonds. The quantitative estimate of drug-likeness (QED) is 0.649. The summed E-state index contributed by atoms with van der Waals surface area (Å²) in [5.41, 5.74) is 0.451. The molecular weight excluding hydrogens is 427 g/mol. The van der Waals surface area contributed by atoms with Crippen molar-refractivity contribution in [1.29, 1.82) is 0 Å². The van der Waals surface area contributed by atoms with Gasteiger partial charge in [-0.2, -0.15) is 13.2 Å². The first-order valence-electron chi connectivity index (χ1n) is 10.0. The molecule has 10 heteroatoms. The largest absolute Gasteiger partial charge is 0.484 e. The topological polar surface area (TPSA) is 56.7 Å². The zero-order chi connectivity index (χ0) is 22.2. The third kappa shape index (κ3) is 4.79. The monoisotopic (exact) mass is 450 g/mol. The van der Waals surface area contributed by atoms with Crippen molar-refractivity contribution >= 4 is 10.2 Å². The summed E-state index contributed by atoms with van der Waals surface area (Å²) in [4.78, 5) is 10.4. The molecule has 3 radical (unpaired) electrons. The van der Waals surface area contributed by atoms with Crippen LogP contribution >= 0.6 is 0 Å². The number of rotatable bonds is 5. The van der Waals surface area contributed by atoms with E-state index in [2.05, 4.69) is 32.0 Å². The number of aromatic nitrogens is 2. The molecule has 165 valence electrons. The van der Waals surface area contributed by atoms with Gasteiger partial charge in [-0.3, -0.25) is 4.90 Å². The second-order valence-corrected chi connectivity index (χ2v) is 9.05. The van der Waals surface area contributed by atoms with E-state index in [-0.39, 0.29) is 17.0 Å². The number of alkyl halides is 3. The lowest BCUT2D eigenvalue weighted by molar-refractivity contribution is -0.141. The number of fused-ring (bicyclic) bond motifs is 1. The van der Waals surface area contributed by atoms with E-state index in [0.29, 0.717) is 43.4 Å². The molecule has 4 heterocycles. The van der Waals surface area contributed by atoms with Crippen molar-refractivity contribution in [2.75, 3.05) is 33.4 Å². The van der Waals surface area contributed by atoms with E-state index in [1.54, 1.807) is 6.07 Å². The molecule has 0 N–H and O–H groups in total. The van der Waals surface area contributed by atoms with Crippen LogP contribution in [0.3, 0.4) is 0 Å². The maximum atomic E-state index is 13.2. The molecule has 31 heavy (non-hydrogen) atoms. The Morgan fingerprint density at radius 2 is 2.00 bits per heavy atom. The number of likely N-dealkylation sites (tertiary alicyclic amines) is 1. The molecule has 0 aliphatic carbocycles. The normalized spacial score (nSPS) is 22.4. The van der Waals surface area contributed by atoms with Gasteiger partial charge in [0.1, 0.15) is 18.9 Å². The Morgan fingerprint density at radius 3 is 2.74 bits per heavy atom. The van der Waals surface area contributed by atoms with Crippen LogP contribution in [0.4, 0.5) is 13.2 Å². The summed E-state index contributed by atoms with van der Waals surface area (Å²) >= 11 is 0. The molecule has 2 aromatic rings. The molecular formula is C21H23F3N3O3Si. The third-order valence-electron chi connectivity index (χ3n) is 5.69. The number of hydrogen-bond acceptors (Lipinski definition) is 6. The molecule has 0 aromatic carbocycles. The summed E-state index contributed by atoms with van der Waals surface area (Å²) in [6.45, 7) is 4.49. The van der Waals surface area contributed by atoms with E-state index in [4.69, 9.17) is 14.2 Å². The maximum Gasteiger partial charge on any atom is 0.433 e. The molecule has 1 unspecified atom stereocenters. The Bertz CT molecular complexity index is 959. The Hall–Kier alpha value is -2.33. The lowest BCUT2D eigenvalue weighted by Gasteiger charge is -2.29. The van der Waals surface area contributed by atoms with Crippen molar-refractivity contribution in [3.63, 3.8) is 0 Å². The Balaban J connectivity index is 1.49. The van der Waals surface area contributed by atoms with Crippen LogP contribution in [0.2, 0.25) is 5.04 Å². The standard InChI is InChI=1S/C21H23F3N3O3Si/c1-13(15-3-4-16-19(25-15)30-8-7-29-16)27-6-5-20(31,12-27)11-14-9-17(21(22,23)24)26-18(10-14)28-2/h3-4,9-10,13H,5-8,11-12H2,1-2H3/t13?,20-/m0/s1. The third-order valence-corrected chi connectivity index (χ3v) is 6.27. The van der Waals surface area contributed by atoms with Crippen LogP contribution in [-0.4, -0.2) is 58.5 Å². The van der Waals surface area contributed by atoms with Gasteiger partial charge in [-0.15, -0.1) is 0 Å². The second kappa shape index (κ2) is 8.31. The highest BCUT2D eigenvalue weighted by atomic mass is 28.1. The number of methoxy groups -OCH3 is 1. The number of nitrogens with zero attached hydrogens (tertiary/aromatic N) is 3. The van der Waals surface area contributed by atoms with Crippen LogP contribution in [-0.2, 0) is 12.6 Å². The van der Waals surface area contributed by atoms with Gasteiger partial charge in [0, 0.05) is 28.9 Å². The fourth-order valence-electron chi connectivity index (χ4n) is 4.05. The minimum absolute atomic E-state index is 0.0202. The van der Waals surface area contributed by atoms with Crippen LogP contribution in [0.1, 0.15) is 36.3 Å². The molecule has 0 saturated carbocycles. The summed E-state index contributed by atoms with van der Waals surface area (Å²) in [6.07, 6.45) is -3.32. The lowest BCUT2D eigenvalue weighted by Crippen LogP contribution is -2.28. The van der Waals surface area contributed by atoms with Gasteiger partial charge in [0.05, 0.1) is 12.8 Å². The Labute approximate surface area is 182 Å². The molecule has 0 bridgehead atoms. The second-order valence-electron chi connectivity index (χ2n) is 7.99. The summed E-state index contributed by atoms with van der Waals surface area (Å²) in [7, 11) is 5.17. The van der Waals surface area contributed by atoms with Gasteiger partial charge < -0.3 is 14.2 Å².